The highest BCUT2D eigenvalue weighted by atomic mass is 16.3. The van der Waals surface area contributed by atoms with Gasteiger partial charge in [0.25, 0.3) is 0 Å². The van der Waals surface area contributed by atoms with Crippen LogP contribution in [-0.2, 0) is 6.42 Å². The molecule has 0 aliphatic rings. The zero-order chi connectivity index (χ0) is 17.9. The van der Waals surface area contributed by atoms with Gasteiger partial charge in [0.1, 0.15) is 0 Å². The second-order valence-corrected chi connectivity index (χ2v) is 5.95. The van der Waals surface area contributed by atoms with Gasteiger partial charge in [-0.25, -0.2) is 0 Å². The highest BCUT2D eigenvalue weighted by molar-refractivity contribution is 5.79. The zero-order valence-corrected chi connectivity index (χ0v) is 15.1. The van der Waals surface area contributed by atoms with Gasteiger partial charge in [0.05, 0.1) is 6.10 Å². The molecule has 25 heavy (non-hydrogen) atoms. The van der Waals surface area contributed by atoms with Crippen molar-refractivity contribution in [1.82, 2.24) is 15.6 Å². The van der Waals surface area contributed by atoms with Gasteiger partial charge in [-0.05, 0) is 49.4 Å². The summed E-state index contributed by atoms with van der Waals surface area (Å²) in [6, 6.07) is 11.8. The lowest BCUT2D eigenvalue weighted by atomic mass is 10.1. The van der Waals surface area contributed by atoms with Crippen molar-refractivity contribution in [3.05, 3.63) is 65.5 Å². The van der Waals surface area contributed by atoms with Crippen LogP contribution in [0.3, 0.4) is 0 Å². The number of aromatic nitrogens is 1. The molecule has 5 heteroatoms. The fourth-order valence-electron chi connectivity index (χ4n) is 2.58. The molecule has 0 amide bonds. The number of nitrogens with zero attached hydrogens (tertiary/aromatic N) is 2. The molecular weight excluding hydrogens is 312 g/mol. The number of benzene rings is 1. The van der Waals surface area contributed by atoms with Crippen molar-refractivity contribution in [2.24, 2.45) is 4.99 Å². The molecular formula is C20H28N4O. The van der Waals surface area contributed by atoms with Gasteiger partial charge in [-0.1, -0.05) is 30.3 Å². The third-order valence-corrected chi connectivity index (χ3v) is 4.02. The van der Waals surface area contributed by atoms with E-state index < -0.39 is 6.10 Å². The highest BCUT2D eigenvalue weighted by Gasteiger charge is 2.06. The molecule has 0 aliphatic heterocycles. The maximum Gasteiger partial charge on any atom is 0.191 e. The van der Waals surface area contributed by atoms with Gasteiger partial charge in [-0.2, -0.15) is 0 Å². The summed E-state index contributed by atoms with van der Waals surface area (Å²) >= 11 is 0. The van der Waals surface area contributed by atoms with Crippen LogP contribution < -0.4 is 10.6 Å². The normalized spacial score (nSPS) is 12.7. The molecule has 1 unspecified atom stereocenters. The molecule has 1 aromatic carbocycles. The van der Waals surface area contributed by atoms with Crippen LogP contribution >= 0.6 is 0 Å². The summed E-state index contributed by atoms with van der Waals surface area (Å²) in [4.78, 5) is 8.67. The Morgan fingerprint density at radius 3 is 2.72 bits per heavy atom. The summed E-state index contributed by atoms with van der Waals surface area (Å²) in [5.74, 6) is 0.787. The first kappa shape index (κ1) is 18.9. The van der Waals surface area contributed by atoms with E-state index in [1.54, 1.807) is 0 Å². The van der Waals surface area contributed by atoms with Crippen LogP contribution in [0, 0.1) is 6.92 Å². The van der Waals surface area contributed by atoms with E-state index in [1.165, 1.54) is 11.1 Å². The minimum atomic E-state index is -0.479. The van der Waals surface area contributed by atoms with Gasteiger partial charge in [0, 0.05) is 32.0 Å². The molecule has 0 saturated carbocycles. The number of rotatable bonds is 8. The topological polar surface area (TPSA) is 69.5 Å². The minimum Gasteiger partial charge on any atom is -0.388 e. The second-order valence-electron chi connectivity index (χ2n) is 5.95. The first-order valence-electron chi connectivity index (χ1n) is 8.85. The van der Waals surface area contributed by atoms with E-state index in [-0.39, 0.29) is 0 Å². The Labute approximate surface area is 150 Å². The van der Waals surface area contributed by atoms with E-state index in [4.69, 9.17) is 0 Å². The van der Waals surface area contributed by atoms with E-state index in [9.17, 15) is 5.11 Å². The number of pyridine rings is 1. The van der Waals surface area contributed by atoms with Crippen molar-refractivity contribution < 1.29 is 5.11 Å². The molecule has 0 aliphatic carbocycles. The van der Waals surface area contributed by atoms with Crippen molar-refractivity contribution in [3.8, 4) is 0 Å². The van der Waals surface area contributed by atoms with Crippen molar-refractivity contribution >= 4 is 5.96 Å². The summed E-state index contributed by atoms with van der Waals surface area (Å²) < 4.78 is 0. The SMILES string of the molecule is CCNC(=NCCC(O)c1ccccc1)NCCc1ccncc1C. The third kappa shape index (κ3) is 6.55. The van der Waals surface area contributed by atoms with Crippen LogP contribution in [0.5, 0.6) is 0 Å². The predicted molar refractivity (Wildman–Crippen MR) is 103 cm³/mol. The van der Waals surface area contributed by atoms with E-state index in [0.29, 0.717) is 13.0 Å². The van der Waals surface area contributed by atoms with Gasteiger partial charge >= 0.3 is 0 Å². The molecule has 3 N–H and O–H groups in total. The smallest absolute Gasteiger partial charge is 0.191 e. The number of guanidine groups is 1. The van der Waals surface area contributed by atoms with Crippen LogP contribution in [-0.4, -0.2) is 35.7 Å². The molecule has 1 atom stereocenters. The number of nitrogens with one attached hydrogen (secondary N) is 2. The summed E-state index contributed by atoms with van der Waals surface area (Å²) in [6.45, 7) is 6.30. The molecule has 0 radical (unpaired) electrons. The van der Waals surface area contributed by atoms with E-state index in [1.807, 2.05) is 49.6 Å². The van der Waals surface area contributed by atoms with Crippen LogP contribution in [0.2, 0.25) is 0 Å². The first-order valence-corrected chi connectivity index (χ1v) is 8.85. The average Bonchev–Trinajstić information content (AvgIpc) is 2.64. The molecule has 0 bridgehead atoms. The van der Waals surface area contributed by atoms with Crippen LogP contribution in [0.4, 0.5) is 0 Å². The number of aryl methyl sites for hydroxylation is 1. The summed E-state index contributed by atoms with van der Waals surface area (Å²) in [5, 5.41) is 16.8. The van der Waals surface area contributed by atoms with Crippen molar-refractivity contribution in [3.63, 3.8) is 0 Å². The second kappa shape index (κ2) is 10.5. The predicted octanol–water partition coefficient (Wildman–Crippen LogP) is 2.61. The average molecular weight is 340 g/mol. The van der Waals surface area contributed by atoms with E-state index >= 15 is 0 Å². The molecule has 134 valence electrons. The lowest BCUT2D eigenvalue weighted by molar-refractivity contribution is 0.170. The Kier molecular flexibility index (Phi) is 7.92. The fourth-order valence-corrected chi connectivity index (χ4v) is 2.58. The Balaban J connectivity index is 1.80. The van der Waals surface area contributed by atoms with E-state index in [2.05, 4.69) is 33.6 Å². The Hall–Kier alpha value is -2.40. The molecule has 0 saturated heterocycles. The monoisotopic (exact) mass is 340 g/mol. The van der Waals surface area contributed by atoms with Gasteiger partial charge < -0.3 is 15.7 Å². The van der Waals surface area contributed by atoms with Gasteiger partial charge in [0.15, 0.2) is 5.96 Å². The fraction of sp³-hybridized carbons (Fsp3) is 0.400. The molecule has 2 aromatic rings. The largest absolute Gasteiger partial charge is 0.388 e. The van der Waals surface area contributed by atoms with Crippen molar-refractivity contribution in [1.29, 1.82) is 0 Å². The van der Waals surface area contributed by atoms with Gasteiger partial charge in [-0.3, -0.25) is 9.98 Å². The van der Waals surface area contributed by atoms with Gasteiger partial charge in [-0.15, -0.1) is 0 Å². The molecule has 2 rings (SSSR count). The summed E-state index contributed by atoms with van der Waals surface area (Å²) in [7, 11) is 0. The Morgan fingerprint density at radius 1 is 1.20 bits per heavy atom. The lowest BCUT2D eigenvalue weighted by Gasteiger charge is -2.13. The Bertz CT molecular complexity index is 658. The minimum absolute atomic E-state index is 0.479. The number of aliphatic imine (C=N–C) groups is 1. The number of hydrogen-bond acceptors (Lipinski definition) is 3. The summed E-state index contributed by atoms with van der Waals surface area (Å²) in [5.41, 5.74) is 3.43. The van der Waals surface area contributed by atoms with E-state index in [0.717, 1.165) is 31.0 Å². The molecule has 0 spiro atoms. The molecule has 0 fully saturated rings. The number of aliphatic hydroxyl groups excluding tert-OH is 1. The first-order chi connectivity index (χ1) is 12.2. The molecule has 1 aromatic heterocycles. The van der Waals surface area contributed by atoms with Crippen molar-refractivity contribution in [2.75, 3.05) is 19.6 Å². The quantitative estimate of drug-likeness (QED) is 0.510. The molecule has 5 nitrogen and oxygen atoms in total. The Morgan fingerprint density at radius 2 is 2.00 bits per heavy atom. The maximum atomic E-state index is 10.2. The van der Waals surface area contributed by atoms with Crippen LogP contribution in [0.25, 0.3) is 0 Å². The van der Waals surface area contributed by atoms with Crippen LogP contribution in [0.1, 0.15) is 36.1 Å². The summed E-state index contributed by atoms with van der Waals surface area (Å²) in [6.07, 6.45) is 4.76. The third-order valence-electron chi connectivity index (χ3n) is 4.02. The zero-order valence-electron chi connectivity index (χ0n) is 15.1. The number of aliphatic hydroxyl groups is 1. The van der Waals surface area contributed by atoms with Gasteiger partial charge in [0.2, 0.25) is 0 Å². The standard InChI is InChI=1S/C20H28N4O/c1-3-22-20(23-13-10-17-9-12-21-15-16(17)2)24-14-11-19(25)18-7-5-4-6-8-18/h4-9,12,15,19,25H,3,10-11,13-14H2,1-2H3,(H2,22,23,24). The van der Waals surface area contributed by atoms with Crippen LogP contribution in [0.15, 0.2) is 53.8 Å². The number of hydrogen-bond donors (Lipinski definition) is 3. The maximum absolute atomic E-state index is 10.2. The van der Waals surface area contributed by atoms with Crippen molar-refractivity contribution in [2.45, 2.75) is 32.8 Å². The molecule has 1 heterocycles. The lowest BCUT2D eigenvalue weighted by Crippen LogP contribution is -2.38. The highest BCUT2D eigenvalue weighted by Crippen LogP contribution is 2.15.